The third-order valence-corrected chi connectivity index (χ3v) is 4.85. The van der Waals surface area contributed by atoms with Gasteiger partial charge in [-0.25, -0.2) is 0 Å². The second kappa shape index (κ2) is 5.88. The minimum atomic E-state index is -0.0666. The highest BCUT2D eigenvalue weighted by Gasteiger charge is 2.39. The van der Waals surface area contributed by atoms with Crippen molar-refractivity contribution in [1.82, 2.24) is 4.90 Å². The molecule has 18 heavy (non-hydrogen) atoms. The lowest BCUT2D eigenvalue weighted by Crippen LogP contribution is -2.58. The van der Waals surface area contributed by atoms with Gasteiger partial charge in [0.25, 0.3) is 0 Å². The van der Waals surface area contributed by atoms with Crippen molar-refractivity contribution in [1.29, 1.82) is 0 Å². The van der Waals surface area contributed by atoms with E-state index in [0.717, 1.165) is 17.5 Å². The summed E-state index contributed by atoms with van der Waals surface area (Å²) in [5.41, 5.74) is 1.32. The standard InChI is InChI=1S/C15H22INO/c1-12-15(2,3)18-14(9-16)11-17(12)10-13-7-5-4-6-8-13/h4-8,12,14H,9-11H2,1-3H3. The first-order valence-corrected chi connectivity index (χ1v) is 8.07. The molecule has 2 rings (SSSR count). The number of hydrogen-bond acceptors (Lipinski definition) is 2. The Hall–Kier alpha value is -0.130. The number of halogens is 1. The number of rotatable bonds is 3. The predicted octanol–water partition coefficient (Wildman–Crippen LogP) is 3.49. The average molecular weight is 359 g/mol. The van der Waals surface area contributed by atoms with E-state index in [9.17, 15) is 0 Å². The molecule has 0 bridgehead atoms. The lowest BCUT2D eigenvalue weighted by molar-refractivity contribution is -0.158. The highest BCUT2D eigenvalue weighted by molar-refractivity contribution is 14.1. The average Bonchev–Trinajstić information content (AvgIpc) is 2.36. The highest BCUT2D eigenvalue weighted by Crippen LogP contribution is 2.29. The Balaban J connectivity index is 2.10. The fourth-order valence-corrected chi connectivity index (χ4v) is 2.98. The van der Waals surface area contributed by atoms with Crippen LogP contribution in [0.3, 0.4) is 0 Å². The van der Waals surface area contributed by atoms with E-state index in [4.69, 9.17) is 4.74 Å². The molecule has 0 spiro atoms. The minimum absolute atomic E-state index is 0.0666. The maximum Gasteiger partial charge on any atom is 0.0799 e. The SMILES string of the molecule is CC1N(Cc2ccccc2)CC(CI)OC1(C)C. The van der Waals surface area contributed by atoms with Gasteiger partial charge in [-0.3, -0.25) is 4.90 Å². The third-order valence-electron chi connectivity index (χ3n) is 3.86. The molecule has 2 unspecified atom stereocenters. The molecule has 1 aliphatic heterocycles. The van der Waals surface area contributed by atoms with Crippen LogP contribution in [0.25, 0.3) is 0 Å². The molecule has 0 N–H and O–H groups in total. The van der Waals surface area contributed by atoms with Gasteiger partial charge in [0.1, 0.15) is 0 Å². The van der Waals surface area contributed by atoms with E-state index in [-0.39, 0.29) is 5.60 Å². The van der Waals surface area contributed by atoms with Gasteiger partial charge in [-0.1, -0.05) is 52.9 Å². The van der Waals surface area contributed by atoms with Crippen LogP contribution < -0.4 is 0 Å². The van der Waals surface area contributed by atoms with Crippen LogP contribution in [0.15, 0.2) is 30.3 Å². The van der Waals surface area contributed by atoms with Gasteiger partial charge in [-0.2, -0.15) is 0 Å². The van der Waals surface area contributed by atoms with Crippen molar-refractivity contribution in [2.45, 2.75) is 45.1 Å². The summed E-state index contributed by atoms with van der Waals surface area (Å²) in [5, 5.41) is 0. The quantitative estimate of drug-likeness (QED) is 0.605. The fraction of sp³-hybridized carbons (Fsp3) is 0.600. The molecule has 1 aromatic carbocycles. The summed E-state index contributed by atoms with van der Waals surface area (Å²) in [6.07, 6.45) is 0.348. The number of morpholine rings is 1. The molecular weight excluding hydrogens is 337 g/mol. The van der Waals surface area contributed by atoms with Gasteiger partial charge < -0.3 is 4.74 Å². The molecule has 2 atom stereocenters. The normalized spacial score (nSPS) is 28.2. The number of nitrogens with zero attached hydrogens (tertiary/aromatic N) is 1. The van der Waals surface area contributed by atoms with Gasteiger partial charge >= 0.3 is 0 Å². The summed E-state index contributed by atoms with van der Waals surface area (Å²) in [5.74, 6) is 0. The fourth-order valence-electron chi connectivity index (χ4n) is 2.52. The molecule has 0 aromatic heterocycles. The van der Waals surface area contributed by atoms with Crippen molar-refractivity contribution >= 4 is 22.6 Å². The summed E-state index contributed by atoms with van der Waals surface area (Å²) in [6.45, 7) is 8.72. The largest absolute Gasteiger partial charge is 0.369 e. The highest BCUT2D eigenvalue weighted by atomic mass is 127. The van der Waals surface area contributed by atoms with Crippen molar-refractivity contribution in [3.05, 3.63) is 35.9 Å². The molecule has 0 saturated carbocycles. The van der Waals surface area contributed by atoms with Crippen molar-refractivity contribution in [3.8, 4) is 0 Å². The van der Waals surface area contributed by atoms with E-state index >= 15 is 0 Å². The number of ether oxygens (including phenoxy) is 1. The molecule has 0 aliphatic carbocycles. The molecule has 1 aromatic rings. The molecule has 1 heterocycles. The monoisotopic (exact) mass is 359 g/mol. The van der Waals surface area contributed by atoms with E-state index in [1.54, 1.807) is 0 Å². The first-order chi connectivity index (χ1) is 8.53. The van der Waals surface area contributed by atoms with Gasteiger partial charge in [0.05, 0.1) is 11.7 Å². The van der Waals surface area contributed by atoms with Gasteiger partial charge in [0.2, 0.25) is 0 Å². The molecular formula is C15H22INO. The first kappa shape index (κ1) is 14.3. The number of benzene rings is 1. The van der Waals surface area contributed by atoms with E-state index in [0.29, 0.717) is 12.1 Å². The van der Waals surface area contributed by atoms with Crippen LogP contribution in [0, 0.1) is 0 Å². The van der Waals surface area contributed by atoms with E-state index in [1.807, 2.05) is 0 Å². The lowest BCUT2D eigenvalue weighted by atomic mass is 9.95. The molecule has 2 nitrogen and oxygen atoms in total. The third kappa shape index (κ3) is 3.25. The minimum Gasteiger partial charge on any atom is -0.369 e. The Labute approximate surface area is 124 Å². The molecule has 1 fully saturated rings. The van der Waals surface area contributed by atoms with Crippen LogP contribution >= 0.6 is 22.6 Å². The van der Waals surface area contributed by atoms with Crippen LogP contribution in [0.1, 0.15) is 26.3 Å². The Morgan fingerprint density at radius 2 is 2.00 bits per heavy atom. The molecule has 1 aliphatic rings. The summed E-state index contributed by atoms with van der Waals surface area (Å²) in [4.78, 5) is 2.54. The maximum atomic E-state index is 6.15. The summed E-state index contributed by atoms with van der Waals surface area (Å²) >= 11 is 2.42. The molecule has 100 valence electrons. The Kier molecular flexibility index (Phi) is 4.67. The number of hydrogen-bond donors (Lipinski definition) is 0. The van der Waals surface area contributed by atoms with Crippen molar-refractivity contribution in [2.75, 3.05) is 11.0 Å². The predicted molar refractivity (Wildman–Crippen MR) is 84.2 cm³/mol. The van der Waals surface area contributed by atoms with E-state index in [2.05, 4.69) is 78.6 Å². The van der Waals surface area contributed by atoms with Crippen LogP contribution in [0.4, 0.5) is 0 Å². The van der Waals surface area contributed by atoms with Gasteiger partial charge in [0.15, 0.2) is 0 Å². The lowest BCUT2D eigenvalue weighted by Gasteiger charge is -2.48. The van der Waals surface area contributed by atoms with Crippen LogP contribution in [-0.4, -0.2) is 33.6 Å². The van der Waals surface area contributed by atoms with Crippen molar-refractivity contribution in [2.24, 2.45) is 0 Å². The zero-order valence-electron chi connectivity index (χ0n) is 11.4. The first-order valence-electron chi connectivity index (χ1n) is 6.54. The second-order valence-electron chi connectivity index (χ2n) is 5.59. The van der Waals surface area contributed by atoms with Gasteiger partial charge in [-0.05, 0) is 26.3 Å². The topological polar surface area (TPSA) is 12.5 Å². The summed E-state index contributed by atoms with van der Waals surface area (Å²) in [6, 6.07) is 11.1. The Morgan fingerprint density at radius 1 is 1.33 bits per heavy atom. The van der Waals surface area contributed by atoms with E-state index < -0.39 is 0 Å². The molecule has 1 saturated heterocycles. The van der Waals surface area contributed by atoms with Crippen LogP contribution in [0.2, 0.25) is 0 Å². The second-order valence-corrected chi connectivity index (χ2v) is 6.47. The van der Waals surface area contributed by atoms with Crippen LogP contribution in [-0.2, 0) is 11.3 Å². The van der Waals surface area contributed by atoms with Gasteiger partial charge in [-0.15, -0.1) is 0 Å². The van der Waals surface area contributed by atoms with Crippen LogP contribution in [0.5, 0.6) is 0 Å². The Morgan fingerprint density at radius 3 is 2.61 bits per heavy atom. The maximum absolute atomic E-state index is 6.15. The smallest absolute Gasteiger partial charge is 0.0799 e. The van der Waals surface area contributed by atoms with E-state index in [1.165, 1.54) is 5.56 Å². The zero-order chi connectivity index (χ0) is 13.2. The molecule has 0 radical (unpaired) electrons. The number of alkyl halides is 1. The van der Waals surface area contributed by atoms with Crippen molar-refractivity contribution < 1.29 is 4.74 Å². The summed E-state index contributed by atoms with van der Waals surface area (Å²) < 4.78 is 7.21. The van der Waals surface area contributed by atoms with Crippen molar-refractivity contribution in [3.63, 3.8) is 0 Å². The Bertz CT molecular complexity index is 379. The zero-order valence-corrected chi connectivity index (χ0v) is 13.6. The summed E-state index contributed by atoms with van der Waals surface area (Å²) in [7, 11) is 0. The van der Waals surface area contributed by atoms with Gasteiger partial charge in [0, 0.05) is 23.6 Å². The molecule has 3 heteroatoms. The molecule has 0 amide bonds.